The standard InChI is InChI=1S/C14H18N2O2/c1-3-9-16(2)14(18)13-7-8-15-11-12(13)6-4-5-10-17/h7-8,11,17H,3,5,9-10H2,1-2H3. The molecule has 1 aromatic rings. The minimum Gasteiger partial charge on any atom is -0.395 e. The van der Waals surface area contributed by atoms with E-state index in [4.69, 9.17) is 5.11 Å². The van der Waals surface area contributed by atoms with E-state index in [-0.39, 0.29) is 12.5 Å². The van der Waals surface area contributed by atoms with Gasteiger partial charge < -0.3 is 10.0 Å². The molecule has 0 aliphatic carbocycles. The van der Waals surface area contributed by atoms with Crippen LogP contribution in [-0.4, -0.2) is 41.1 Å². The molecule has 4 heteroatoms. The number of carbonyl (C=O) groups excluding carboxylic acids is 1. The van der Waals surface area contributed by atoms with Gasteiger partial charge in [-0.2, -0.15) is 0 Å². The van der Waals surface area contributed by atoms with Crippen LogP contribution in [0.4, 0.5) is 0 Å². The van der Waals surface area contributed by atoms with Crippen molar-refractivity contribution in [3.8, 4) is 11.8 Å². The van der Waals surface area contributed by atoms with E-state index in [9.17, 15) is 4.79 Å². The average molecular weight is 246 g/mol. The highest BCUT2D eigenvalue weighted by Gasteiger charge is 2.13. The molecule has 1 N–H and O–H groups in total. The van der Waals surface area contributed by atoms with Crippen LogP contribution in [0.2, 0.25) is 0 Å². The Morgan fingerprint density at radius 1 is 1.56 bits per heavy atom. The first-order valence-electron chi connectivity index (χ1n) is 6.00. The van der Waals surface area contributed by atoms with Gasteiger partial charge in [-0.25, -0.2) is 0 Å². The second kappa shape index (κ2) is 7.46. The second-order valence-electron chi connectivity index (χ2n) is 3.92. The number of aliphatic hydroxyl groups excluding tert-OH is 1. The molecule has 0 spiro atoms. The number of nitrogens with zero attached hydrogens (tertiary/aromatic N) is 2. The largest absolute Gasteiger partial charge is 0.395 e. The van der Waals surface area contributed by atoms with Gasteiger partial charge in [-0.1, -0.05) is 18.8 Å². The van der Waals surface area contributed by atoms with Crippen molar-refractivity contribution in [1.82, 2.24) is 9.88 Å². The maximum absolute atomic E-state index is 12.2. The molecule has 0 aliphatic rings. The van der Waals surface area contributed by atoms with Crippen LogP contribution in [0.1, 0.15) is 35.7 Å². The molecular formula is C14H18N2O2. The summed E-state index contributed by atoms with van der Waals surface area (Å²) in [5, 5.41) is 8.69. The molecule has 0 atom stereocenters. The fourth-order valence-corrected chi connectivity index (χ4v) is 1.54. The molecule has 18 heavy (non-hydrogen) atoms. The van der Waals surface area contributed by atoms with Crippen molar-refractivity contribution in [1.29, 1.82) is 0 Å². The summed E-state index contributed by atoms with van der Waals surface area (Å²) in [6, 6.07) is 1.68. The number of amides is 1. The Morgan fingerprint density at radius 2 is 2.33 bits per heavy atom. The van der Waals surface area contributed by atoms with Crippen LogP contribution < -0.4 is 0 Å². The maximum atomic E-state index is 12.2. The fraction of sp³-hybridized carbons (Fsp3) is 0.429. The van der Waals surface area contributed by atoms with Crippen LogP contribution in [0.5, 0.6) is 0 Å². The molecule has 0 saturated carbocycles. The summed E-state index contributed by atoms with van der Waals surface area (Å²) in [5.41, 5.74) is 1.17. The zero-order valence-electron chi connectivity index (χ0n) is 10.8. The van der Waals surface area contributed by atoms with Gasteiger partial charge in [0.2, 0.25) is 0 Å². The third-order valence-electron chi connectivity index (χ3n) is 2.42. The van der Waals surface area contributed by atoms with E-state index in [2.05, 4.69) is 16.8 Å². The van der Waals surface area contributed by atoms with E-state index < -0.39 is 0 Å². The molecule has 0 fully saturated rings. The molecule has 0 aromatic carbocycles. The topological polar surface area (TPSA) is 53.4 Å². The third-order valence-corrected chi connectivity index (χ3v) is 2.42. The Balaban J connectivity index is 2.95. The zero-order chi connectivity index (χ0) is 13.4. The van der Waals surface area contributed by atoms with Crippen LogP contribution in [0.3, 0.4) is 0 Å². The summed E-state index contributed by atoms with van der Waals surface area (Å²) in [6.45, 7) is 2.76. The minimum atomic E-state index is -0.0486. The summed E-state index contributed by atoms with van der Waals surface area (Å²) in [6.07, 6.45) is 4.48. The Labute approximate surface area is 108 Å². The van der Waals surface area contributed by atoms with Gasteiger partial charge in [0.1, 0.15) is 0 Å². The van der Waals surface area contributed by atoms with Gasteiger partial charge in [0.25, 0.3) is 5.91 Å². The molecule has 1 heterocycles. The molecule has 1 amide bonds. The molecule has 1 rings (SSSR count). The molecular weight excluding hydrogens is 228 g/mol. The van der Waals surface area contributed by atoms with E-state index in [0.717, 1.165) is 6.42 Å². The first-order valence-corrected chi connectivity index (χ1v) is 6.00. The lowest BCUT2D eigenvalue weighted by atomic mass is 10.1. The molecule has 0 unspecified atom stereocenters. The quantitative estimate of drug-likeness (QED) is 0.815. The summed E-state index contributed by atoms with van der Waals surface area (Å²) in [4.78, 5) is 17.8. The number of aromatic nitrogens is 1. The fourth-order valence-electron chi connectivity index (χ4n) is 1.54. The molecule has 0 radical (unpaired) electrons. The Bertz CT molecular complexity index is 460. The Hall–Kier alpha value is -1.86. The number of hydrogen-bond donors (Lipinski definition) is 1. The van der Waals surface area contributed by atoms with Crippen LogP contribution in [0.15, 0.2) is 18.5 Å². The van der Waals surface area contributed by atoms with Gasteiger partial charge in [0.15, 0.2) is 0 Å². The number of aliphatic hydroxyl groups is 1. The monoisotopic (exact) mass is 246 g/mol. The summed E-state index contributed by atoms with van der Waals surface area (Å²) in [7, 11) is 1.77. The average Bonchev–Trinajstić information content (AvgIpc) is 2.39. The van der Waals surface area contributed by atoms with E-state index in [1.807, 2.05) is 6.92 Å². The molecule has 96 valence electrons. The highest BCUT2D eigenvalue weighted by atomic mass is 16.2. The van der Waals surface area contributed by atoms with Crippen LogP contribution in [0, 0.1) is 11.8 Å². The Morgan fingerprint density at radius 3 is 3.00 bits per heavy atom. The van der Waals surface area contributed by atoms with Gasteiger partial charge in [-0.15, -0.1) is 0 Å². The number of carbonyl (C=O) groups is 1. The lowest BCUT2D eigenvalue weighted by molar-refractivity contribution is 0.0794. The maximum Gasteiger partial charge on any atom is 0.254 e. The number of rotatable bonds is 4. The molecule has 0 bridgehead atoms. The van der Waals surface area contributed by atoms with E-state index >= 15 is 0 Å². The molecule has 4 nitrogen and oxygen atoms in total. The van der Waals surface area contributed by atoms with Gasteiger partial charge >= 0.3 is 0 Å². The normalized spacial score (nSPS) is 9.50. The zero-order valence-corrected chi connectivity index (χ0v) is 10.8. The van der Waals surface area contributed by atoms with Crippen molar-refractivity contribution in [2.24, 2.45) is 0 Å². The SMILES string of the molecule is CCCN(C)C(=O)c1ccncc1C#CCCO. The second-order valence-corrected chi connectivity index (χ2v) is 3.92. The molecule has 0 aliphatic heterocycles. The number of hydrogen-bond acceptors (Lipinski definition) is 3. The van der Waals surface area contributed by atoms with E-state index in [0.29, 0.717) is 24.1 Å². The highest BCUT2D eigenvalue weighted by Crippen LogP contribution is 2.09. The molecule has 0 saturated heterocycles. The predicted octanol–water partition coefficient (Wildman–Crippen LogP) is 1.30. The van der Waals surface area contributed by atoms with Gasteiger partial charge in [0.05, 0.1) is 17.7 Å². The van der Waals surface area contributed by atoms with Crippen molar-refractivity contribution in [2.75, 3.05) is 20.2 Å². The number of pyridine rings is 1. The van der Waals surface area contributed by atoms with Crippen molar-refractivity contribution < 1.29 is 9.90 Å². The molecule has 1 aromatic heterocycles. The van der Waals surface area contributed by atoms with Crippen molar-refractivity contribution >= 4 is 5.91 Å². The smallest absolute Gasteiger partial charge is 0.254 e. The predicted molar refractivity (Wildman–Crippen MR) is 70.1 cm³/mol. The van der Waals surface area contributed by atoms with Crippen LogP contribution in [-0.2, 0) is 0 Å². The summed E-state index contributed by atoms with van der Waals surface area (Å²) in [5.74, 6) is 5.63. The lowest BCUT2D eigenvalue weighted by Gasteiger charge is -2.16. The van der Waals surface area contributed by atoms with E-state index in [1.165, 1.54) is 0 Å². The van der Waals surface area contributed by atoms with Crippen LogP contribution in [0.25, 0.3) is 0 Å². The van der Waals surface area contributed by atoms with Gasteiger partial charge in [-0.3, -0.25) is 9.78 Å². The van der Waals surface area contributed by atoms with Crippen molar-refractivity contribution in [3.05, 3.63) is 29.6 Å². The lowest BCUT2D eigenvalue weighted by Crippen LogP contribution is -2.28. The minimum absolute atomic E-state index is 0.0201. The van der Waals surface area contributed by atoms with Crippen molar-refractivity contribution in [3.63, 3.8) is 0 Å². The third kappa shape index (κ3) is 3.86. The highest BCUT2D eigenvalue weighted by molar-refractivity contribution is 5.96. The van der Waals surface area contributed by atoms with Crippen molar-refractivity contribution in [2.45, 2.75) is 19.8 Å². The van der Waals surface area contributed by atoms with Gasteiger partial charge in [0, 0.05) is 32.4 Å². The van der Waals surface area contributed by atoms with Crippen LogP contribution >= 0.6 is 0 Å². The Kier molecular flexibility index (Phi) is 5.89. The first-order chi connectivity index (χ1) is 8.70. The summed E-state index contributed by atoms with van der Waals surface area (Å²) >= 11 is 0. The first kappa shape index (κ1) is 14.2. The van der Waals surface area contributed by atoms with Gasteiger partial charge in [-0.05, 0) is 12.5 Å². The van der Waals surface area contributed by atoms with E-state index in [1.54, 1.807) is 30.4 Å². The summed E-state index contributed by atoms with van der Waals surface area (Å²) < 4.78 is 0.